The summed E-state index contributed by atoms with van der Waals surface area (Å²) in [6.45, 7) is 6.31. The number of fused-ring (bicyclic) bond motifs is 1. The molecule has 0 saturated heterocycles. The number of hydrogen-bond donors (Lipinski definition) is 2. The summed E-state index contributed by atoms with van der Waals surface area (Å²) in [5.41, 5.74) is 10.0. The molecule has 0 bridgehead atoms. The van der Waals surface area contributed by atoms with Crippen molar-refractivity contribution in [2.24, 2.45) is 0 Å². The van der Waals surface area contributed by atoms with Crippen LogP contribution in [0.15, 0.2) is 34.9 Å². The van der Waals surface area contributed by atoms with Crippen LogP contribution >= 0.6 is 0 Å². The number of ether oxygens (including phenoxy) is 1. The van der Waals surface area contributed by atoms with Crippen molar-refractivity contribution in [1.29, 1.82) is 0 Å². The van der Waals surface area contributed by atoms with Gasteiger partial charge in [0.25, 0.3) is 0 Å². The maximum absolute atomic E-state index is 5.32. The van der Waals surface area contributed by atoms with Gasteiger partial charge in [0, 0.05) is 5.56 Å². The first kappa shape index (κ1) is 13.7. The molecule has 1 aromatic carbocycles. The number of nitrogens with zero attached hydrogens (tertiary/aromatic N) is 3. The lowest BCUT2D eigenvalue weighted by Crippen LogP contribution is -2.26. The van der Waals surface area contributed by atoms with Crippen molar-refractivity contribution in [2.45, 2.75) is 20.8 Å². The van der Waals surface area contributed by atoms with Gasteiger partial charge < -0.3 is 14.2 Å². The summed E-state index contributed by atoms with van der Waals surface area (Å²) in [5, 5.41) is 5.98. The SMILES string of the molecule is CC1=COCN1Nc1cc(-c2c(C)noc2C)cc2[nH]cnc12. The topological polar surface area (TPSA) is 79.2 Å². The molecular formula is C16H17N5O2. The molecule has 0 atom stereocenters. The molecule has 0 fully saturated rings. The normalized spacial score (nSPS) is 14.2. The molecule has 1 aliphatic heterocycles. The highest BCUT2D eigenvalue weighted by Gasteiger charge is 2.18. The zero-order valence-corrected chi connectivity index (χ0v) is 13.2. The molecule has 0 aliphatic carbocycles. The van der Waals surface area contributed by atoms with Gasteiger partial charge in [-0.3, -0.25) is 10.4 Å². The molecule has 0 spiro atoms. The molecule has 2 aromatic heterocycles. The third-order valence-corrected chi connectivity index (χ3v) is 3.98. The average molecular weight is 311 g/mol. The van der Waals surface area contributed by atoms with Gasteiger partial charge in [-0.05, 0) is 38.5 Å². The van der Waals surface area contributed by atoms with E-state index in [1.165, 1.54) is 0 Å². The fourth-order valence-corrected chi connectivity index (χ4v) is 2.84. The lowest BCUT2D eigenvalue weighted by molar-refractivity contribution is 0.186. The Kier molecular flexibility index (Phi) is 3.00. The number of aromatic nitrogens is 3. The Balaban J connectivity index is 1.83. The number of hydrazine groups is 1. The zero-order valence-electron chi connectivity index (χ0n) is 13.2. The molecule has 118 valence electrons. The summed E-state index contributed by atoms with van der Waals surface area (Å²) in [5.74, 6) is 0.799. The Hall–Kier alpha value is -2.96. The summed E-state index contributed by atoms with van der Waals surface area (Å²) >= 11 is 0. The van der Waals surface area contributed by atoms with Crippen LogP contribution in [0.2, 0.25) is 0 Å². The Morgan fingerprint density at radius 2 is 2.13 bits per heavy atom. The van der Waals surface area contributed by atoms with E-state index in [-0.39, 0.29) is 0 Å². The minimum Gasteiger partial charge on any atom is -0.477 e. The van der Waals surface area contributed by atoms with Crippen LogP contribution in [0.5, 0.6) is 0 Å². The van der Waals surface area contributed by atoms with Gasteiger partial charge in [0.15, 0.2) is 6.73 Å². The molecule has 1 aliphatic rings. The van der Waals surface area contributed by atoms with Crippen LogP contribution in [0.1, 0.15) is 18.4 Å². The Bertz CT molecular complexity index is 889. The van der Waals surface area contributed by atoms with Crippen molar-refractivity contribution in [1.82, 2.24) is 20.1 Å². The fraction of sp³-hybridized carbons (Fsp3) is 0.250. The molecule has 0 saturated carbocycles. The number of aryl methyl sites for hydroxylation is 2. The first-order valence-corrected chi connectivity index (χ1v) is 7.36. The smallest absolute Gasteiger partial charge is 0.178 e. The van der Waals surface area contributed by atoms with E-state index in [9.17, 15) is 0 Å². The second-order valence-corrected chi connectivity index (χ2v) is 5.62. The van der Waals surface area contributed by atoms with E-state index in [4.69, 9.17) is 9.26 Å². The fourth-order valence-electron chi connectivity index (χ4n) is 2.84. The number of rotatable bonds is 3. The molecule has 2 N–H and O–H groups in total. The Morgan fingerprint density at radius 1 is 1.26 bits per heavy atom. The van der Waals surface area contributed by atoms with E-state index >= 15 is 0 Å². The van der Waals surface area contributed by atoms with Crippen LogP contribution in [0.3, 0.4) is 0 Å². The zero-order chi connectivity index (χ0) is 16.0. The van der Waals surface area contributed by atoms with E-state index in [0.29, 0.717) is 6.73 Å². The summed E-state index contributed by atoms with van der Waals surface area (Å²) in [6.07, 6.45) is 3.42. The lowest BCUT2D eigenvalue weighted by atomic mass is 10.0. The van der Waals surface area contributed by atoms with Crippen LogP contribution in [-0.4, -0.2) is 26.9 Å². The molecule has 7 nitrogen and oxygen atoms in total. The van der Waals surface area contributed by atoms with E-state index in [1.54, 1.807) is 12.6 Å². The number of imidazole rings is 1. The van der Waals surface area contributed by atoms with E-state index < -0.39 is 0 Å². The number of anilines is 1. The molecule has 7 heteroatoms. The maximum Gasteiger partial charge on any atom is 0.178 e. The lowest BCUT2D eigenvalue weighted by Gasteiger charge is -2.20. The first-order chi connectivity index (χ1) is 11.1. The number of aromatic amines is 1. The molecular weight excluding hydrogens is 294 g/mol. The van der Waals surface area contributed by atoms with Crippen molar-refractivity contribution in [2.75, 3.05) is 12.2 Å². The standard InChI is InChI=1S/C16H17N5O2/c1-9-6-22-8-21(9)19-14-5-12(4-13-16(14)18-7-17-13)15-10(2)20-23-11(15)3/h4-7,19H,8H2,1-3H3,(H,17,18). The van der Waals surface area contributed by atoms with Crippen molar-refractivity contribution in [3.63, 3.8) is 0 Å². The van der Waals surface area contributed by atoms with Gasteiger partial charge in [0.1, 0.15) is 17.5 Å². The summed E-state index contributed by atoms with van der Waals surface area (Å²) < 4.78 is 10.6. The predicted molar refractivity (Wildman–Crippen MR) is 86.2 cm³/mol. The van der Waals surface area contributed by atoms with Gasteiger partial charge in [-0.25, -0.2) is 4.98 Å². The van der Waals surface area contributed by atoms with Crippen molar-refractivity contribution >= 4 is 16.7 Å². The monoisotopic (exact) mass is 311 g/mol. The summed E-state index contributed by atoms with van der Waals surface area (Å²) in [4.78, 5) is 7.58. The Labute approximate surface area is 132 Å². The first-order valence-electron chi connectivity index (χ1n) is 7.36. The summed E-state index contributed by atoms with van der Waals surface area (Å²) in [6, 6.07) is 4.12. The molecule has 3 heterocycles. The van der Waals surface area contributed by atoms with Crippen LogP contribution in [0, 0.1) is 13.8 Å². The van der Waals surface area contributed by atoms with Gasteiger partial charge in [-0.15, -0.1) is 0 Å². The third kappa shape index (κ3) is 2.21. The van der Waals surface area contributed by atoms with Crippen molar-refractivity contribution in [3.8, 4) is 11.1 Å². The maximum atomic E-state index is 5.32. The van der Waals surface area contributed by atoms with E-state index in [2.05, 4.69) is 32.7 Å². The quantitative estimate of drug-likeness (QED) is 0.772. The highest BCUT2D eigenvalue weighted by atomic mass is 16.5. The minimum atomic E-state index is 0.466. The third-order valence-electron chi connectivity index (χ3n) is 3.98. The van der Waals surface area contributed by atoms with Crippen LogP contribution < -0.4 is 5.43 Å². The van der Waals surface area contributed by atoms with Gasteiger partial charge >= 0.3 is 0 Å². The second-order valence-electron chi connectivity index (χ2n) is 5.62. The summed E-state index contributed by atoms with van der Waals surface area (Å²) in [7, 11) is 0. The van der Waals surface area contributed by atoms with Gasteiger partial charge in [0.05, 0.1) is 28.9 Å². The number of benzene rings is 1. The number of H-pyrrole nitrogens is 1. The molecule has 0 radical (unpaired) electrons. The predicted octanol–water partition coefficient (Wildman–Crippen LogP) is 3.31. The second kappa shape index (κ2) is 5.05. The van der Waals surface area contributed by atoms with E-state index in [1.807, 2.05) is 25.8 Å². The molecule has 0 amide bonds. The largest absolute Gasteiger partial charge is 0.477 e. The molecule has 0 unspecified atom stereocenters. The van der Waals surface area contributed by atoms with Crippen LogP contribution in [-0.2, 0) is 4.74 Å². The highest BCUT2D eigenvalue weighted by molar-refractivity contribution is 5.93. The number of hydrogen-bond acceptors (Lipinski definition) is 6. The number of allylic oxidation sites excluding steroid dienone is 1. The number of nitrogens with one attached hydrogen (secondary N) is 2. The van der Waals surface area contributed by atoms with Gasteiger partial charge in [-0.1, -0.05) is 5.16 Å². The minimum absolute atomic E-state index is 0.466. The van der Waals surface area contributed by atoms with Gasteiger partial charge in [-0.2, -0.15) is 0 Å². The van der Waals surface area contributed by atoms with Crippen molar-refractivity contribution in [3.05, 3.63) is 41.9 Å². The molecule has 23 heavy (non-hydrogen) atoms. The van der Waals surface area contributed by atoms with Crippen LogP contribution in [0.25, 0.3) is 22.2 Å². The highest BCUT2D eigenvalue weighted by Crippen LogP contribution is 2.33. The van der Waals surface area contributed by atoms with Crippen molar-refractivity contribution < 1.29 is 9.26 Å². The van der Waals surface area contributed by atoms with Gasteiger partial charge in [0.2, 0.25) is 0 Å². The van der Waals surface area contributed by atoms with E-state index in [0.717, 1.165) is 45.0 Å². The Morgan fingerprint density at radius 3 is 2.83 bits per heavy atom. The molecule has 4 rings (SSSR count). The molecule has 3 aromatic rings. The average Bonchev–Trinajstić information content (AvgIpc) is 3.21. The van der Waals surface area contributed by atoms with Crippen LogP contribution in [0.4, 0.5) is 5.69 Å².